The summed E-state index contributed by atoms with van der Waals surface area (Å²) < 4.78 is 39.6. The minimum absolute atomic E-state index is 0.1000. The Hall–Kier alpha value is -3.61. The molecule has 3 aromatic rings. The molecular weight excluding hydrogens is 463 g/mol. The molecule has 0 unspecified atom stereocenters. The number of hydrogen-bond acceptors (Lipinski definition) is 8. The van der Waals surface area contributed by atoms with Crippen LogP contribution in [0.1, 0.15) is 29.4 Å². The van der Waals surface area contributed by atoms with E-state index in [-0.39, 0.29) is 36.3 Å². The topological polar surface area (TPSA) is 121 Å². The quantitative estimate of drug-likeness (QED) is 0.445. The predicted octanol–water partition coefficient (Wildman–Crippen LogP) is 0.964. The third kappa shape index (κ3) is 5.24. The van der Waals surface area contributed by atoms with Crippen molar-refractivity contribution in [1.29, 1.82) is 0 Å². The van der Waals surface area contributed by atoms with Crippen LogP contribution in [0.25, 0.3) is 0 Å². The van der Waals surface area contributed by atoms with E-state index >= 15 is 0 Å². The zero-order valence-corrected chi connectivity index (χ0v) is 18.7. The Morgan fingerprint density at radius 3 is 2.57 bits per heavy atom. The number of pyridine rings is 1. The van der Waals surface area contributed by atoms with Crippen LogP contribution >= 0.6 is 0 Å². The largest absolute Gasteiger partial charge is 0.433 e. The molecule has 1 aliphatic rings. The number of rotatable bonds is 6. The zero-order chi connectivity index (χ0) is 25.5. The number of aromatic nitrogens is 5. The van der Waals surface area contributed by atoms with E-state index < -0.39 is 23.3 Å². The Balaban J connectivity index is 1.49. The van der Waals surface area contributed by atoms with Gasteiger partial charge in [0.15, 0.2) is 5.82 Å². The first-order valence-electron chi connectivity index (χ1n) is 10.4. The summed E-state index contributed by atoms with van der Waals surface area (Å²) in [5.74, 6) is 0.0952. The van der Waals surface area contributed by atoms with Gasteiger partial charge in [-0.1, -0.05) is 6.07 Å². The van der Waals surface area contributed by atoms with E-state index in [1.54, 1.807) is 35.9 Å². The van der Waals surface area contributed by atoms with Crippen molar-refractivity contribution in [2.75, 3.05) is 22.6 Å². The van der Waals surface area contributed by atoms with Crippen molar-refractivity contribution in [2.45, 2.75) is 37.6 Å². The molecule has 4 radical (unpaired) electrons. The fourth-order valence-electron chi connectivity index (χ4n) is 3.41. The monoisotopic (exact) mass is 482 g/mol. The number of carbonyl (C=O) groups excluding carboxylic acids is 1. The molecule has 0 saturated heterocycles. The van der Waals surface area contributed by atoms with Gasteiger partial charge in [-0.05, 0) is 18.6 Å². The molecule has 0 aromatic carbocycles. The van der Waals surface area contributed by atoms with Crippen molar-refractivity contribution in [3.8, 4) is 0 Å². The molecule has 0 spiro atoms. The van der Waals surface area contributed by atoms with Gasteiger partial charge in [0.05, 0.1) is 18.4 Å². The van der Waals surface area contributed by atoms with Crippen molar-refractivity contribution in [3.05, 3.63) is 53.2 Å². The van der Waals surface area contributed by atoms with Crippen LogP contribution < -0.4 is 15.5 Å². The van der Waals surface area contributed by atoms with E-state index in [1.165, 1.54) is 6.07 Å². The number of anilines is 3. The molecule has 4 rings (SSSR count). The Labute approximate surface area is 200 Å². The van der Waals surface area contributed by atoms with Crippen LogP contribution in [0, 0.1) is 0 Å². The maximum Gasteiger partial charge on any atom is 0.433 e. The van der Waals surface area contributed by atoms with E-state index in [9.17, 15) is 23.1 Å². The van der Waals surface area contributed by atoms with Crippen LogP contribution in [-0.2, 0) is 29.5 Å². The summed E-state index contributed by atoms with van der Waals surface area (Å²) in [5, 5.41) is 17.7. The molecule has 3 aromatic heterocycles. The SMILES string of the molecule is [B]C([B])(O)c1nc(NCc2cnn(Cc3ccc(C(F)(F)F)nc3)c2)nc2c1NC(=O)[C@H](C)N2C. The second-order valence-electron chi connectivity index (χ2n) is 8.15. The molecule has 0 aliphatic carbocycles. The number of nitrogens with zero attached hydrogens (tertiary/aromatic N) is 6. The summed E-state index contributed by atoms with van der Waals surface area (Å²) in [5.41, 5.74) is 0.262. The van der Waals surface area contributed by atoms with Gasteiger partial charge in [0.1, 0.15) is 33.1 Å². The van der Waals surface area contributed by atoms with Gasteiger partial charge < -0.3 is 20.6 Å². The molecule has 1 atom stereocenters. The normalized spacial score (nSPS) is 16.1. The highest BCUT2D eigenvalue weighted by Gasteiger charge is 2.35. The van der Waals surface area contributed by atoms with E-state index in [1.807, 2.05) is 0 Å². The highest BCUT2D eigenvalue weighted by Crippen LogP contribution is 2.35. The van der Waals surface area contributed by atoms with Crippen molar-refractivity contribution in [3.63, 3.8) is 0 Å². The van der Waals surface area contributed by atoms with Crippen molar-refractivity contribution in [2.24, 2.45) is 0 Å². The second kappa shape index (κ2) is 8.87. The average molecular weight is 482 g/mol. The van der Waals surface area contributed by atoms with Crippen molar-refractivity contribution >= 4 is 39.1 Å². The van der Waals surface area contributed by atoms with Gasteiger partial charge >= 0.3 is 6.18 Å². The maximum absolute atomic E-state index is 12.7. The van der Waals surface area contributed by atoms with Crippen LogP contribution in [0.4, 0.5) is 30.6 Å². The van der Waals surface area contributed by atoms with Gasteiger partial charge in [-0.3, -0.25) is 14.5 Å². The maximum atomic E-state index is 12.7. The lowest BCUT2D eigenvalue weighted by atomic mass is 9.63. The number of nitrogens with one attached hydrogen (secondary N) is 2. The third-order valence-electron chi connectivity index (χ3n) is 5.41. The summed E-state index contributed by atoms with van der Waals surface area (Å²) in [4.78, 5) is 25.8. The minimum Gasteiger partial charge on any atom is -0.403 e. The molecule has 3 N–H and O–H groups in total. The number of amides is 1. The lowest BCUT2D eigenvalue weighted by Gasteiger charge is -2.35. The Kier molecular flexibility index (Phi) is 6.21. The standard InChI is InChI=1S/C20H19B2F3N8O2/c1-10-17(34)29-14-15(19(21,22)35)30-18(31-16(14)32(10)2)27-6-12-7-28-33(9-12)8-11-3-4-13(26-5-11)20(23,24)25/h3-5,7,9-10,35H,6,8H2,1-2H3,(H,29,34)(H,27,30,31)/t10-/m0/s1. The summed E-state index contributed by atoms with van der Waals surface area (Å²) in [6, 6.07) is 1.73. The Morgan fingerprint density at radius 2 is 1.94 bits per heavy atom. The summed E-state index contributed by atoms with van der Waals surface area (Å²) in [6.45, 7) is 2.13. The summed E-state index contributed by atoms with van der Waals surface area (Å²) in [6.07, 6.45) is -0.0767. The lowest BCUT2D eigenvalue weighted by Crippen LogP contribution is -2.46. The van der Waals surface area contributed by atoms with E-state index in [2.05, 4.69) is 30.7 Å². The van der Waals surface area contributed by atoms with Crippen LogP contribution in [0.5, 0.6) is 0 Å². The number of halogens is 3. The molecule has 1 aliphatic heterocycles. The summed E-state index contributed by atoms with van der Waals surface area (Å²) in [7, 11) is 13.0. The van der Waals surface area contributed by atoms with Crippen LogP contribution in [-0.4, -0.2) is 64.5 Å². The van der Waals surface area contributed by atoms with Crippen LogP contribution in [0.15, 0.2) is 30.7 Å². The van der Waals surface area contributed by atoms with Crippen LogP contribution in [0.3, 0.4) is 0 Å². The number of likely N-dealkylation sites (N-methyl/N-ethyl adjacent to an activating group) is 1. The van der Waals surface area contributed by atoms with Crippen molar-refractivity contribution < 1.29 is 23.1 Å². The first-order chi connectivity index (χ1) is 16.3. The highest BCUT2D eigenvalue weighted by molar-refractivity contribution is 6.39. The lowest BCUT2D eigenvalue weighted by molar-refractivity contribution is -0.141. The molecule has 10 nitrogen and oxygen atoms in total. The zero-order valence-electron chi connectivity index (χ0n) is 18.7. The second-order valence-corrected chi connectivity index (χ2v) is 8.15. The smallest absolute Gasteiger partial charge is 0.403 e. The molecular formula is C20H19B2F3N8O2. The fourth-order valence-corrected chi connectivity index (χ4v) is 3.41. The van der Waals surface area contributed by atoms with Gasteiger partial charge in [-0.25, -0.2) is 4.98 Å². The molecule has 0 saturated carbocycles. The molecule has 0 fully saturated rings. The minimum atomic E-state index is -4.50. The number of hydrogen-bond donors (Lipinski definition) is 3. The van der Waals surface area contributed by atoms with Crippen molar-refractivity contribution in [1.82, 2.24) is 24.7 Å². The molecule has 15 heteroatoms. The van der Waals surface area contributed by atoms with Crippen LogP contribution in [0.2, 0.25) is 0 Å². The predicted molar refractivity (Wildman–Crippen MR) is 122 cm³/mol. The number of carbonyl (C=O) groups is 1. The van der Waals surface area contributed by atoms with E-state index in [4.69, 9.17) is 15.7 Å². The van der Waals surface area contributed by atoms with E-state index in [0.29, 0.717) is 11.4 Å². The first-order valence-corrected chi connectivity index (χ1v) is 10.4. The third-order valence-corrected chi connectivity index (χ3v) is 5.41. The molecule has 4 heterocycles. The first kappa shape index (κ1) is 24.5. The van der Waals surface area contributed by atoms with E-state index in [0.717, 1.165) is 17.8 Å². The Bertz CT molecular complexity index is 1240. The number of aliphatic hydroxyl groups is 1. The molecule has 0 bridgehead atoms. The number of fused-ring (bicyclic) bond motifs is 1. The Morgan fingerprint density at radius 1 is 1.20 bits per heavy atom. The van der Waals surface area contributed by atoms with Gasteiger partial charge in [-0.15, -0.1) is 0 Å². The molecule has 178 valence electrons. The average Bonchev–Trinajstić information content (AvgIpc) is 3.22. The fraction of sp³-hybridized carbons (Fsp3) is 0.350. The van der Waals surface area contributed by atoms with Gasteiger partial charge in [0.25, 0.3) is 0 Å². The molecule has 35 heavy (non-hydrogen) atoms. The highest BCUT2D eigenvalue weighted by atomic mass is 19.4. The number of alkyl halides is 3. The van der Waals surface area contributed by atoms with Gasteiger partial charge in [-0.2, -0.15) is 23.3 Å². The molecule has 1 amide bonds. The van der Waals surface area contributed by atoms with Gasteiger partial charge in [0.2, 0.25) is 11.9 Å². The summed E-state index contributed by atoms with van der Waals surface area (Å²) >= 11 is 0. The van der Waals surface area contributed by atoms with Gasteiger partial charge in [0, 0.05) is 36.9 Å².